The Hall–Kier alpha value is -0.980. The Labute approximate surface area is 85.8 Å². The van der Waals surface area contributed by atoms with E-state index in [1.807, 2.05) is 18.2 Å². The molecule has 0 amide bonds. The lowest BCUT2D eigenvalue weighted by Crippen LogP contribution is -2.14. The predicted molar refractivity (Wildman–Crippen MR) is 58.4 cm³/mol. The van der Waals surface area contributed by atoms with E-state index in [0.717, 1.165) is 12.0 Å². The first kappa shape index (κ1) is 9.57. The molecule has 1 heteroatoms. The number of para-hydroxylation sites is 1. The lowest BCUT2D eigenvalue weighted by molar-refractivity contribution is 0.328. The lowest BCUT2D eigenvalue weighted by Gasteiger charge is -2.23. The summed E-state index contributed by atoms with van der Waals surface area (Å²) in [6.45, 7) is 2.34. The molecule has 1 aromatic rings. The highest BCUT2D eigenvalue weighted by Crippen LogP contribution is 2.41. The van der Waals surface area contributed by atoms with Crippen molar-refractivity contribution in [2.24, 2.45) is 5.41 Å². The zero-order valence-corrected chi connectivity index (χ0v) is 8.79. The van der Waals surface area contributed by atoms with Crippen molar-refractivity contribution < 1.29 is 5.11 Å². The fourth-order valence-electron chi connectivity index (χ4n) is 2.53. The van der Waals surface area contributed by atoms with Crippen LogP contribution in [0.3, 0.4) is 0 Å². The predicted octanol–water partition coefficient (Wildman–Crippen LogP) is 3.52. The smallest absolute Gasteiger partial charge is 0.118 e. The summed E-state index contributed by atoms with van der Waals surface area (Å²) < 4.78 is 0. The average Bonchev–Trinajstić information content (AvgIpc) is 2.57. The molecule has 1 N–H and O–H groups in total. The van der Waals surface area contributed by atoms with E-state index in [1.165, 1.54) is 25.7 Å². The molecule has 1 nitrogen and oxygen atoms in total. The number of hydrogen-bond donors (Lipinski definition) is 1. The van der Waals surface area contributed by atoms with E-state index in [4.69, 9.17) is 0 Å². The Morgan fingerprint density at radius 2 is 1.86 bits per heavy atom. The molecule has 76 valence electrons. The van der Waals surface area contributed by atoms with Crippen LogP contribution >= 0.6 is 0 Å². The lowest BCUT2D eigenvalue weighted by atomic mass is 9.82. The van der Waals surface area contributed by atoms with Crippen molar-refractivity contribution in [2.75, 3.05) is 0 Å². The number of phenols is 1. The van der Waals surface area contributed by atoms with E-state index >= 15 is 0 Å². The van der Waals surface area contributed by atoms with Crippen molar-refractivity contribution in [3.05, 3.63) is 29.8 Å². The molecule has 1 aliphatic rings. The molecule has 0 unspecified atom stereocenters. The van der Waals surface area contributed by atoms with Crippen LogP contribution in [-0.4, -0.2) is 5.11 Å². The largest absolute Gasteiger partial charge is 0.508 e. The fourth-order valence-corrected chi connectivity index (χ4v) is 2.53. The van der Waals surface area contributed by atoms with Gasteiger partial charge >= 0.3 is 0 Å². The second-order valence-electron chi connectivity index (χ2n) is 4.82. The molecule has 0 heterocycles. The molecule has 0 bridgehead atoms. The minimum absolute atomic E-state index is 0.429. The Kier molecular flexibility index (Phi) is 2.49. The molecule has 1 fully saturated rings. The van der Waals surface area contributed by atoms with E-state index < -0.39 is 0 Å². The molecule has 2 rings (SSSR count). The van der Waals surface area contributed by atoms with Gasteiger partial charge in [0, 0.05) is 0 Å². The van der Waals surface area contributed by atoms with Crippen molar-refractivity contribution in [1.82, 2.24) is 0 Å². The first-order valence-corrected chi connectivity index (χ1v) is 5.47. The molecular weight excluding hydrogens is 172 g/mol. The van der Waals surface area contributed by atoms with Crippen LogP contribution in [0.1, 0.15) is 38.2 Å². The van der Waals surface area contributed by atoms with Crippen molar-refractivity contribution in [3.63, 3.8) is 0 Å². The zero-order chi connectivity index (χ0) is 10.0. The molecular formula is C13H18O. The van der Waals surface area contributed by atoms with Crippen LogP contribution in [0.15, 0.2) is 24.3 Å². The molecule has 0 aliphatic heterocycles. The van der Waals surface area contributed by atoms with Gasteiger partial charge < -0.3 is 5.11 Å². The third kappa shape index (κ3) is 1.92. The molecule has 0 atom stereocenters. The second-order valence-corrected chi connectivity index (χ2v) is 4.82. The number of hydrogen-bond acceptors (Lipinski definition) is 1. The molecule has 1 aliphatic carbocycles. The van der Waals surface area contributed by atoms with Crippen LogP contribution < -0.4 is 0 Å². The van der Waals surface area contributed by atoms with E-state index in [2.05, 4.69) is 6.92 Å². The quantitative estimate of drug-likeness (QED) is 0.756. The number of benzene rings is 1. The minimum atomic E-state index is 0.429. The van der Waals surface area contributed by atoms with Gasteiger partial charge in [-0.1, -0.05) is 38.0 Å². The van der Waals surface area contributed by atoms with Crippen LogP contribution in [0.2, 0.25) is 0 Å². The van der Waals surface area contributed by atoms with Gasteiger partial charge in [0.15, 0.2) is 0 Å². The summed E-state index contributed by atoms with van der Waals surface area (Å²) in [6.07, 6.45) is 6.34. The van der Waals surface area contributed by atoms with Crippen molar-refractivity contribution in [1.29, 1.82) is 0 Å². The van der Waals surface area contributed by atoms with Gasteiger partial charge in [-0.3, -0.25) is 0 Å². The molecule has 14 heavy (non-hydrogen) atoms. The van der Waals surface area contributed by atoms with Gasteiger partial charge in [-0.15, -0.1) is 0 Å². The van der Waals surface area contributed by atoms with Crippen molar-refractivity contribution >= 4 is 0 Å². The molecule has 0 radical (unpaired) electrons. The maximum Gasteiger partial charge on any atom is 0.118 e. The summed E-state index contributed by atoms with van der Waals surface area (Å²) in [5.41, 5.74) is 1.54. The summed E-state index contributed by atoms with van der Waals surface area (Å²) in [4.78, 5) is 0. The van der Waals surface area contributed by atoms with Gasteiger partial charge in [-0.2, -0.15) is 0 Å². The summed E-state index contributed by atoms with van der Waals surface area (Å²) in [5.74, 6) is 0.459. The van der Waals surface area contributed by atoms with Crippen LogP contribution in [-0.2, 0) is 6.42 Å². The Morgan fingerprint density at radius 3 is 2.50 bits per heavy atom. The Balaban J connectivity index is 2.14. The first-order valence-electron chi connectivity index (χ1n) is 5.47. The van der Waals surface area contributed by atoms with Crippen LogP contribution in [0.4, 0.5) is 0 Å². The monoisotopic (exact) mass is 190 g/mol. The SMILES string of the molecule is CC1(Cc2ccccc2O)CCCC1. The van der Waals surface area contributed by atoms with Gasteiger partial charge in [0.25, 0.3) is 0 Å². The van der Waals surface area contributed by atoms with Crippen LogP contribution in [0.5, 0.6) is 5.75 Å². The van der Waals surface area contributed by atoms with Crippen LogP contribution in [0.25, 0.3) is 0 Å². The molecule has 1 aromatic carbocycles. The third-order valence-electron chi connectivity index (χ3n) is 3.42. The normalized spacial score (nSPS) is 19.8. The summed E-state index contributed by atoms with van der Waals surface area (Å²) in [6, 6.07) is 7.72. The van der Waals surface area contributed by atoms with Gasteiger partial charge in [-0.05, 0) is 36.3 Å². The van der Waals surface area contributed by atoms with Gasteiger partial charge in [0.1, 0.15) is 5.75 Å². The summed E-state index contributed by atoms with van der Waals surface area (Å²) in [7, 11) is 0. The van der Waals surface area contributed by atoms with Crippen molar-refractivity contribution in [3.8, 4) is 5.75 Å². The Bertz CT molecular complexity index is 311. The highest BCUT2D eigenvalue weighted by Gasteiger charge is 2.29. The van der Waals surface area contributed by atoms with Gasteiger partial charge in [0.2, 0.25) is 0 Å². The Morgan fingerprint density at radius 1 is 1.21 bits per heavy atom. The molecule has 0 spiro atoms. The van der Waals surface area contributed by atoms with E-state index in [1.54, 1.807) is 6.07 Å². The summed E-state index contributed by atoms with van der Waals surface area (Å²) >= 11 is 0. The molecule has 1 saturated carbocycles. The molecule has 0 aromatic heterocycles. The molecule has 0 saturated heterocycles. The van der Waals surface area contributed by atoms with E-state index in [0.29, 0.717) is 11.2 Å². The maximum atomic E-state index is 9.69. The van der Waals surface area contributed by atoms with Crippen molar-refractivity contribution in [2.45, 2.75) is 39.0 Å². The first-order chi connectivity index (χ1) is 6.70. The van der Waals surface area contributed by atoms with E-state index in [-0.39, 0.29) is 0 Å². The van der Waals surface area contributed by atoms with Crippen LogP contribution in [0, 0.1) is 5.41 Å². The van der Waals surface area contributed by atoms with Gasteiger partial charge in [0.05, 0.1) is 0 Å². The number of phenolic OH excluding ortho intramolecular Hbond substituents is 1. The summed E-state index contributed by atoms with van der Waals surface area (Å²) in [5, 5.41) is 9.69. The van der Waals surface area contributed by atoms with E-state index in [9.17, 15) is 5.11 Å². The fraction of sp³-hybridized carbons (Fsp3) is 0.538. The third-order valence-corrected chi connectivity index (χ3v) is 3.42. The number of aromatic hydroxyl groups is 1. The minimum Gasteiger partial charge on any atom is -0.508 e. The number of rotatable bonds is 2. The maximum absolute atomic E-state index is 9.69. The highest BCUT2D eigenvalue weighted by atomic mass is 16.3. The zero-order valence-electron chi connectivity index (χ0n) is 8.79. The average molecular weight is 190 g/mol. The highest BCUT2D eigenvalue weighted by molar-refractivity contribution is 5.32. The second kappa shape index (κ2) is 3.64. The van der Waals surface area contributed by atoms with Gasteiger partial charge in [-0.25, -0.2) is 0 Å². The topological polar surface area (TPSA) is 20.2 Å². The standard InChI is InChI=1S/C13H18O/c1-13(8-4-5-9-13)10-11-6-2-3-7-12(11)14/h2-3,6-7,14H,4-5,8-10H2,1H3.